The average Bonchev–Trinajstić information content (AvgIpc) is 2.91. The Morgan fingerprint density at radius 2 is 1.75 bits per heavy atom. The summed E-state index contributed by atoms with van der Waals surface area (Å²) in [5.74, 6) is -3.04. The molecule has 0 amide bonds. The molecule has 3 aromatic heterocycles. The summed E-state index contributed by atoms with van der Waals surface area (Å²) in [6.07, 6.45) is 2.69. The zero-order chi connectivity index (χ0) is 28.6. The van der Waals surface area contributed by atoms with Crippen LogP contribution in [-0.2, 0) is 10.0 Å². The summed E-state index contributed by atoms with van der Waals surface area (Å²) in [4.78, 5) is 12.1. The Labute approximate surface area is 230 Å². The molecule has 3 heterocycles. The van der Waals surface area contributed by atoms with Gasteiger partial charge in [-0.25, -0.2) is 31.6 Å². The molecule has 9 nitrogen and oxygen atoms in total. The van der Waals surface area contributed by atoms with Gasteiger partial charge in [-0.2, -0.15) is 5.26 Å². The maximum Gasteiger partial charge on any atom is 0.264 e. The lowest BCUT2D eigenvalue weighted by Gasteiger charge is -2.14. The van der Waals surface area contributed by atoms with Gasteiger partial charge in [0.15, 0.2) is 0 Å². The van der Waals surface area contributed by atoms with Crippen molar-refractivity contribution in [3.63, 3.8) is 0 Å². The number of sulfonamides is 1. The highest BCUT2D eigenvalue weighted by Crippen LogP contribution is 2.32. The largest absolute Gasteiger partial charge is 0.382 e. The van der Waals surface area contributed by atoms with Crippen LogP contribution in [0.4, 0.5) is 36.1 Å². The quantitative estimate of drug-likeness (QED) is 0.229. The van der Waals surface area contributed by atoms with Crippen molar-refractivity contribution in [1.82, 2.24) is 15.0 Å². The number of nitrogens with two attached hydrogens (primary N) is 1. The molecule has 2 aromatic carbocycles. The van der Waals surface area contributed by atoms with Gasteiger partial charge in [-0.15, -0.1) is 0 Å². The lowest BCUT2D eigenvalue weighted by atomic mass is 10.1. The predicted molar refractivity (Wildman–Crippen MR) is 144 cm³/mol. The summed E-state index contributed by atoms with van der Waals surface area (Å²) < 4.78 is 68.8. The van der Waals surface area contributed by atoms with Crippen LogP contribution in [0.25, 0.3) is 22.3 Å². The van der Waals surface area contributed by atoms with E-state index >= 15 is 0 Å². The second-order valence-corrected chi connectivity index (χ2v) is 10.4. The number of halogens is 4. The van der Waals surface area contributed by atoms with E-state index in [4.69, 9.17) is 17.3 Å². The summed E-state index contributed by atoms with van der Waals surface area (Å²) in [6.45, 7) is 0. The molecule has 0 saturated heterocycles. The van der Waals surface area contributed by atoms with Crippen LogP contribution in [0.15, 0.2) is 71.9 Å². The molecule has 4 N–H and O–H groups in total. The fourth-order valence-electron chi connectivity index (χ4n) is 3.75. The summed E-state index contributed by atoms with van der Waals surface area (Å²) in [5.41, 5.74) is 7.79. The van der Waals surface area contributed by atoms with Crippen molar-refractivity contribution >= 4 is 55.5 Å². The van der Waals surface area contributed by atoms with Crippen LogP contribution in [0.1, 0.15) is 5.56 Å². The summed E-state index contributed by atoms with van der Waals surface area (Å²) in [5, 5.41) is 12.6. The van der Waals surface area contributed by atoms with Gasteiger partial charge >= 0.3 is 0 Å². The number of fused-ring (bicyclic) bond motifs is 1. The number of hydrogen-bond donors (Lipinski definition) is 3. The van der Waals surface area contributed by atoms with Crippen molar-refractivity contribution in [2.75, 3.05) is 15.8 Å². The van der Waals surface area contributed by atoms with Crippen LogP contribution in [-0.4, -0.2) is 23.4 Å². The zero-order valence-electron chi connectivity index (χ0n) is 20.0. The Hall–Kier alpha value is -4.93. The van der Waals surface area contributed by atoms with Crippen molar-refractivity contribution in [2.45, 2.75) is 4.90 Å². The number of hydrogen-bond acceptors (Lipinski definition) is 8. The third kappa shape index (κ3) is 5.18. The molecule has 200 valence electrons. The number of benzene rings is 2. The Morgan fingerprint density at radius 3 is 2.48 bits per heavy atom. The maximum absolute atomic E-state index is 14.2. The van der Waals surface area contributed by atoms with Gasteiger partial charge < -0.3 is 11.1 Å². The minimum absolute atomic E-state index is 0.126. The molecule has 0 aliphatic rings. The monoisotopic (exact) mass is 581 g/mol. The molecule has 40 heavy (non-hydrogen) atoms. The topological polar surface area (TPSA) is 147 Å². The fraction of sp³-hybridized carbons (Fsp3) is 0. The van der Waals surface area contributed by atoms with Gasteiger partial charge in [0.25, 0.3) is 10.0 Å². The summed E-state index contributed by atoms with van der Waals surface area (Å²) in [6, 6.07) is 12.6. The Bertz CT molecular complexity index is 1970. The minimum Gasteiger partial charge on any atom is -0.382 e. The van der Waals surface area contributed by atoms with E-state index < -0.39 is 32.4 Å². The molecule has 0 aliphatic carbocycles. The van der Waals surface area contributed by atoms with E-state index in [2.05, 4.69) is 25.0 Å². The zero-order valence-corrected chi connectivity index (χ0v) is 21.5. The van der Waals surface area contributed by atoms with E-state index in [1.54, 1.807) is 12.1 Å². The number of rotatable bonds is 6. The number of nitrogens with one attached hydrogen (secondary N) is 2. The van der Waals surface area contributed by atoms with Crippen molar-refractivity contribution in [2.24, 2.45) is 0 Å². The first-order chi connectivity index (χ1) is 19.1. The van der Waals surface area contributed by atoms with Gasteiger partial charge in [-0.1, -0.05) is 11.6 Å². The number of nitriles is 1. The number of nitrogens with zero attached hydrogens (tertiary/aromatic N) is 4. The van der Waals surface area contributed by atoms with E-state index in [1.165, 1.54) is 36.7 Å². The highest BCUT2D eigenvalue weighted by atomic mass is 35.5. The number of anilines is 4. The number of nitrogen functional groups attached to an aromatic ring is 1. The Balaban J connectivity index is 1.56. The first-order valence-electron chi connectivity index (χ1n) is 11.2. The molecule has 0 unspecified atom stereocenters. The van der Waals surface area contributed by atoms with Crippen molar-refractivity contribution in [3.05, 3.63) is 95.0 Å². The van der Waals surface area contributed by atoms with Crippen molar-refractivity contribution in [3.8, 4) is 17.3 Å². The molecule has 0 radical (unpaired) electrons. The molecule has 0 atom stereocenters. The molecule has 0 fully saturated rings. The van der Waals surface area contributed by atoms with E-state index in [0.29, 0.717) is 28.5 Å². The van der Waals surface area contributed by atoms with Gasteiger partial charge in [0.05, 0.1) is 33.2 Å². The molecular formula is C26H15ClF3N7O2S. The van der Waals surface area contributed by atoms with Crippen LogP contribution < -0.4 is 15.8 Å². The molecule has 5 aromatic rings. The van der Waals surface area contributed by atoms with Crippen LogP contribution in [0.2, 0.25) is 5.02 Å². The molecule has 5 rings (SSSR count). The first-order valence-corrected chi connectivity index (χ1v) is 13.1. The highest BCUT2D eigenvalue weighted by Gasteiger charge is 2.22. The smallest absolute Gasteiger partial charge is 0.264 e. The second-order valence-electron chi connectivity index (χ2n) is 8.31. The van der Waals surface area contributed by atoms with E-state index in [-0.39, 0.29) is 33.3 Å². The summed E-state index contributed by atoms with van der Waals surface area (Å²) in [7, 11) is -4.50. The first kappa shape index (κ1) is 26.7. The molecule has 0 spiro atoms. The van der Waals surface area contributed by atoms with E-state index in [0.717, 1.165) is 12.1 Å². The normalized spacial score (nSPS) is 11.3. The number of pyridine rings is 3. The van der Waals surface area contributed by atoms with Gasteiger partial charge in [-0.05, 0) is 48.5 Å². The van der Waals surface area contributed by atoms with Crippen LogP contribution in [0.3, 0.4) is 0 Å². The van der Waals surface area contributed by atoms with Gasteiger partial charge in [0.2, 0.25) is 0 Å². The van der Waals surface area contributed by atoms with E-state index in [9.17, 15) is 26.9 Å². The van der Waals surface area contributed by atoms with E-state index in [1.807, 2.05) is 6.07 Å². The number of aromatic nitrogens is 3. The van der Waals surface area contributed by atoms with Gasteiger partial charge in [0.1, 0.15) is 39.8 Å². The molecule has 0 aliphatic heterocycles. The SMILES string of the molecule is N#Cc1cnc2ccc(-c3cnc(N)c(NS(=O)(=O)c4ccc(F)cc4F)c3)nc2c1Nc1ccc(F)c(Cl)c1. The molecule has 0 bridgehead atoms. The Morgan fingerprint density at radius 1 is 0.950 bits per heavy atom. The van der Waals surface area contributed by atoms with Crippen molar-refractivity contribution in [1.29, 1.82) is 5.26 Å². The van der Waals surface area contributed by atoms with Crippen molar-refractivity contribution < 1.29 is 21.6 Å². The third-order valence-corrected chi connectivity index (χ3v) is 7.35. The lowest BCUT2D eigenvalue weighted by Crippen LogP contribution is -2.16. The predicted octanol–water partition coefficient (Wildman–Crippen LogP) is 5.76. The maximum atomic E-state index is 14.2. The van der Waals surface area contributed by atoms with Crippen LogP contribution >= 0.6 is 11.6 Å². The van der Waals surface area contributed by atoms with Crippen LogP contribution in [0, 0.1) is 28.8 Å². The fourth-order valence-corrected chi connectivity index (χ4v) is 5.05. The Kier molecular flexibility index (Phi) is 6.88. The van der Waals surface area contributed by atoms with Gasteiger partial charge in [-0.3, -0.25) is 9.71 Å². The third-order valence-electron chi connectivity index (χ3n) is 5.66. The highest BCUT2D eigenvalue weighted by molar-refractivity contribution is 7.92. The molecule has 14 heteroatoms. The molecule has 0 saturated carbocycles. The lowest BCUT2D eigenvalue weighted by molar-refractivity contribution is 0.551. The van der Waals surface area contributed by atoms with Gasteiger partial charge in [0, 0.05) is 29.7 Å². The second kappa shape index (κ2) is 10.3. The van der Waals surface area contributed by atoms with Crippen LogP contribution in [0.5, 0.6) is 0 Å². The average molecular weight is 582 g/mol. The molecular weight excluding hydrogens is 567 g/mol. The summed E-state index contributed by atoms with van der Waals surface area (Å²) >= 11 is 5.89. The minimum atomic E-state index is -4.50. The standard InChI is InChI=1S/C26H15ClF3N7O2S/c27-17-9-16(2-3-18(17)29)35-24-14(10-31)12-33-21-5-4-20(36-25(21)24)13-7-22(26(32)34-11-13)37-40(38,39)23-6-1-15(28)8-19(23)30/h1-9,11-12,37H,(H2,32,34)(H,33,35).